The van der Waals surface area contributed by atoms with Crippen LogP contribution in [0, 0.1) is 0 Å². The van der Waals surface area contributed by atoms with Crippen molar-refractivity contribution in [2.75, 3.05) is 20.1 Å². The molecule has 6 nitrogen and oxygen atoms in total. The van der Waals surface area contributed by atoms with Gasteiger partial charge in [-0.2, -0.15) is 0 Å². The molecule has 0 N–H and O–H groups in total. The van der Waals surface area contributed by atoms with Gasteiger partial charge >= 0.3 is 6.09 Å². The summed E-state index contributed by atoms with van der Waals surface area (Å²) in [6.07, 6.45) is 10.5. The van der Waals surface area contributed by atoms with E-state index in [4.69, 9.17) is 9.47 Å². The van der Waals surface area contributed by atoms with Crippen LogP contribution >= 0.6 is 0 Å². The number of carbonyl (C=O) groups excluding carboxylic acids is 1. The van der Waals surface area contributed by atoms with Gasteiger partial charge in [0, 0.05) is 67.2 Å². The summed E-state index contributed by atoms with van der Waals surface area (Å²) < 4.78 is 14.2. The molecule has 42 heavy (non-hydrogen) atoms. The highest BCUT2D eigenvalue weighted by molar-refractivity contribution is 5.96. The number of ether oxygens (including phenoxy) is 2. The molecule has 1 saturated heterocycles. The van der Waals surface area contributed by atoms with E-state index in [9.17, 15) is 4.79 Å². The van der Waals surface area contributed by atoms with Crippen LogP contribution in [-0.4, -0.2) is 64.4 Å². The van der Waals surface area contributed by atoms with Crippen LogP contribution in [0.2, 0.25) is 0 Å². The molecule has 0 radical (unpaired) electrons. The Hall–Kier alpha value is -3.73. The molecule has 0 bridgehead atoms. The van der Waals surface area contributed by atoms with Gasteiger partial charge in [-0.1, -0.05) is 24.3 Å². The lowest BCUT2D eigenvalue weighted by Crippen LogP contribution is -2.54. The molecule has 1 amide bonds. The van der Waals surface area contributed by atoms with Gasteiger partial charge in [-0.15, -0.1) is 5.73 Å². The summed E-state index contributed by atoms with van der Waals surface area (Å²) in [6, 6.07) is 16.3. The maximum absolute atomic E-state index is 12.4. The molecule has 2 aliphatic carbocycles. The van der Waals surface area contributed by atoms with Crippen molar-refractivity contribution in [1.29, 1.82) is 0 Å². The molecule has 1 aliphatic heterocycles. The maximum atomic E-state index is 12.4. The second kappa shape index (κ2) is 11.2. The van der Waals surface area contributed by atoms with Gasteiger partial charge in [0.2, 0.25) is 0 Å². The number of carbonyl (C=O) groups is 1. The fourth-order valence-electron chi connectivity index (χ4n) is 6.42. The zero-order valence-electron chi connectivity index (χ0n) is 25.8. The fourth-order valence-corrected chi connectivity index (χ4v) is 6.42. The van der Waals surface area contributed by atoms with Gasteiger partial charge in [-0.3, -0.25) is 0 Å². The van der Waals surface area contributed by atoms with E-state index in [0.29, 0.717) is 12.1 Å². The van der Waals surface area contributed by atoms with Crippen molar-refractivity contribution in [2.45, 2.75) is 77.2 Å². The molecule has 6 rings (SSSR count). The van der Waals surface area contributed by atoms with Gasteiger partial charge in [0.15, 0.2) is 0 Å². The number of likely N-dealkylation sites (tertiary alicyclic amines) is 1. The monoisotopic (exact) mass is 565 g/mol. The van der Waals surface area contributed by atoms with Crippen molar-refractivity contribution < 1.29 is 14.3 Å². The van der Waals surface area contributed by atoms with E-state index in [0.717, 1.165) is 50.1 Å². The molecule has 3 aromatic rings. The van der Waals surface area contributed by atoms with E-state index in [-0.39, 0.29) is 12.2 Å². The summed E-state index contributed by atoms with van der Waals surface area (Å²) >= 11 is 0. The highest BCUT2D eigenvalue weighted by atomic mass is 16.6. The molecular weight excluding hydrogens is 522 g/mol. The molecule has 0 spiro atoms. The third-order valence-corrected chi connectivity index (χ3v) is 9.05. The van der Waals surface area contributed by atoms with Crippen molar-refractivity contribution in [2.24, 2.45) is 7.05 Å². The molecule has 0 unspecified atom stereocenters. The predicted molar refractivity (Wildman–Crippen MR) is 171 cm³/mol. The second-order valence-corrected chi connectivity index (χ2v) is 13.1. The number of nitrogens with zero attached hydrogens (tertiary/aromatic N) is 3. The summed E-state index contributed by atoms with van der Waals surface area (Å²) in [7, 11) is 4.37. The summed E-state index contributed by atoms with van der Waals surface area (Å²) in [6.45, 7) is 9.35. The summed E-state index contributed by atoms with van der Waals surface area (Å²) in [5.41, 5.74) is 10.1. The number of hydrogen-bond acceptors (Lipinski definition) is 4. The molecule has 220 valence electrons. The zero-order chi connectivity index (χ0) is 29.6. The minimum Gasteiger partial charge on any atom is -0.490 e. The van der Waals surface area contributed by atoms with Crippen LogP contribution in [0.25, 0.3) is 34.2 Å². The Morgan fingerprint density at radius 1 is 0.976 bits per heavy atom. The fraction of sp³-hybridized carbons (Fsp3) is 0.444. The lowest BCUT2D eigenvalue weighted by Gasteiger charge is -2.46. The predicted octanol–water partition coefficient (Wildman–Crippen LogP) is 7.67. The number of aromatic nitrogens is 1. The van der Waals surface area contributed by atoms with Crippen LogP contribution < -0.4 is 4.74 Å². The normalized spacial score (nSPS) is 20.7. The Bertz CT molecular complexity index is 1570. The standard InChI is InChI=1S/C36H43N3O3/c1-24-7-14-31-32-15-11-26(21-34(32)38(6)33(31)16-8-24)25-9-12-29(13-10-25)41-30-22-28(23-30)37(5)27-17-19-39(20-18-27)35(40)42-36(2,3)4/h8-16,21,27-28,30H,17-20,22-23H2,1-6H3. The average molecular weight is 566 g/mol. The molecule has 6 heteroatoms. The van der Waals surface area contributed by atoms with Crippen LogP contribution in [0.5, 0.6) is 5.75 Å². The SMILES string of the molecule is CC1=C=Cc2c(n(C)c3cc(-c4ccc(OC5CC(N(C)C6CCN(C(=O)OC(C)(C)C)CC6)C5)cc4)ccc23)C=C1. The number of piperidine rings is 1. The lowest BCUT2D eigenvalue weighted by molar-refractivity contribution is -0.0117. The Morgan fingerprint density at radius 3 is 2.36 bits per heavy atom. The van der Waals surface area contributed by atoms with Crippen LogP contribution in [-0.2, 0) is 11.8 Å². The molecule has 2 aromatic carbocycles. The molecule has 2 heterocycles. The van der Waals surface area contributed by atoms with Gasteiger partial charge in [0.1, 0.15) is 17.5 Å². The Morgan fingerprint density at radius 2 is 1.67 bits per heavy atom. The number of aryl methyl sites for hydroxylation is 1. The first-order valence-corrected chi connectivity index (χ1v) is 15.3. The van der Waals surface area contributed by atoms with Crippen molar-refractivity contribution in [1.82, 2.24) is 14.4 Å². The van der Waals surface area contributed by atoms with E-state index in [1.807, 2.05) is 25.7 Å². The average Bonchev–Trinajstić information content (AvgIpc) is 3.06. The van der Waals surface area contributed by atoms with E-state index in [2.05, 4.69) is 96.9 Å². The molecule has 0 atom stereocenters. The van der Waals surface area contributed by atoms with E-state index >= 15 is 0 Å². The lowest BCUT2D eigenvalue weighted by atomic mass is 9.86. The van der Waals surface area contributed by atoms with Crippen molar-refractivity contribution >= 4 is 29.1 Å². The summed E-state index contributed by atoms with van der Waals surface area (Å²) in [4.78, 5) is 16.8. The van der Waals surface area contributed by atoms with Crippen LogP contribution in [0.3, 0.4) is 0 Å². The Balaban J connectivity index is 1.02. The van der Waals surface area contributed by atoms with Gasteiger partial charge in [-0.05, 0) is 101 Å². The molecule has 2 fully saturated rings. The quantitative estimate of drug-likeness (QED) is 0.298. The third kappa shape index (κ3) is 5.79. The first kappa shape index (κ1) is 28.4. The molecule has 3 aliphatic rings. The van der Waals surface area contributed by atoms with Gasteiger partial charge in [0.25, 0.3) is 0 Å². The van der Waals surface area contributed by atoms with Crippen molar-refractivity contribution in [3.63, 3.8) is 0 Å². The summed E-state index contributed by atoms with van der Waals surface area (Å²) in [5.74, 6) is 0.930. The smallest absolute Gasteiger partial charge is 0.410 e. The van der Waals surface area contributed by atoms with E-state index in [1.54, 1.807) is 0 Å². The Kier molecular flexibility index (Phi) is 7.55. The Labute approximate surface area is 249 Å². The van der Waals surface area contributed by atoms with E-state index in [1.165, 1.54) is 33.3 Å². The first-order chi connectivity index (χ1) is 20.1. The molecule has 1 saturated carbocycles. The minimum atomic E-state index is -0.449. The summed E-state index contributed by atoms with van der Waals surface area (Å²) in [5, 5.41) is 1.25. The van der Waals surface area contributed by atoms with E-state index < -0.39 is 5.60 Å². The highest BCUT2D eigenvalue weighted by Gasteiger charge is 2.38. The minimum absolute atomic E-state index is 0.191. The molecule has 1 aromatic heterocycles. The van der Waals surface area contributed by atoms with Crippen molar-refractivity contribution in [3.8, 4) is 16.9 Å². The van der Waals surface area contributed by atoms with Crippen LogP contribution in [0.1, 0.15) is 64.6 Å². The van der Waals surface area contributed by atoms with Crippen LogP contribution in [0.15, 0.2) is 59.8 Å². The number of hydrogen-bond donors (Lipinski definition) is 0. The number of allylic oxidation sites excluding steroid dienone is 2. The van der Waals surface area contributed by atoms with Gasteiger partial charge < -0.3 is 23.8 Å². The largest absolute Gasteiger partial charge is 0.490 e. The first-order valence-electron chi connectivity index (χ1n) is 15.3. The number of amides is 1. The maximum Gasteiger partial charge on any atom is 0.410 e. The number of fused-ring (bicyclic) bond motifs is 3. The van der Waals surface area contributed by atoms with Gasteiger partial charge in [-0.25, -0.2) is 4.79 Å². The molecular formula is C36H43N3O3. The second-order valence-electron chi connectivity index (χ2n) is 13.1. The highest BCUT2D eigenvalue weighted by Crippen LogP contribution is 2.35. The number of rotatable bonds is 5. The van der Waals surface area contributed by atoms with Crippen molar-refractivity contribution in [3.05, 3.63) is 71.1 Å². The topological polar surface area (TPSA) is 46.9 Å². The zero-order valence-corrected chi connectivity index (χ0v) is 25.8. The third-order valence-electron chi connectivity index (χ3n) is 9.05. The van der Waals surface area contributed by atoms with Crippen LogP contribution in [0.4, 0.5) is 4.79 Å². The van der Waals surface area contributed by atoms with Gasteiger partial charge in [0.05, 0.1) is 0 Å². The number of benzene rings is 2.